The van der Waals surface area contributed by atoms with Crippen LogP contribution in [0.1, 0.15) is 426 Å². The Bertz CT molecular complexity index is 2490. The van der Waals surface area contributed by atoms with Crippen molar-refractivity contribution < 1.29 is 38.9 Å². The van der Waals surface area contributed by atoms with Gasteiger partial charge in [-0.1, -0.05) is 369 Å². The van der Waals surface area contributed by atoms with Gasteiger partial charge in [-0.15, -0.1) is 0 Å². The monoisotopic (exact) mass is 1600 g/mol. The predicted molar refractivity (Wildman–Crippen MR) is 479 cm³/mol. The smallest absolute Gasteiger partial charge is 0.294 e. The minimum atomic E-state index is -4.58. The lowest BCUT2D eigenvalue weighted by Gasteiger charge is -2.25. The molecular formula is C93H174N3O9PS3. The van der Waals surface area contributed by atoms with E-state index in [1.54, 1.807) is 20.8 Å². The molecule has 109 heavy (non-hydrogen) atoms. The molecule has 3 N–H and O–H groups in total. The van der Waals surface area contributed by atoms with E-state index >= 15 is 0 Å². The van der Waals surface area contributed by atoms with E-state index < -0.39 is 53.0 Å². The van der Waals surface area contributed by atoms with Crippen molar-refractivity contribution in [3.05, 3.63) is 71.3 Å². The molecular weight excluding hydrogens is 1430 g/mol. The Morgan fingerprint density at radius 1 is 0.220 bits per heavy atom. The minimum Gasteiger partial charge on any atom is -0.303 e. The van der Waals surface area contributed by atoms with Gasteiger partial charge >= 0.3 is 0 Å². The van der Waals surface area contributed by atoms with Crippen LogP contribution >= 0.6 is 7.92 Å². The molecule has 0 radical (unpaired) electrons. The molecule has 16 heteroatoms. The number of aryl methyl sites for hydroxylation is 3. The minimum absolute atomic E-state index is 0.396. The predicted octanol–water partition coefficient (Wildman–Crippen LogP) is 27.2. The molecule has 3 rings (SSSR count). The molecule has 0 saturated carbocycles. The van der Waals surface area contributed by atoms with Crippen LogP contribution in [0.4, 0.5) is 0 Å². The Balaban J connectivity index is 0.00000144. The van der Waals surface area contributed by atoms with Crippen molar-refractivity contribution in [3.8, 4) is 0 Å². The molecule has 0 amide bonds. The summed E-state index contributed by atoms with van der Waals surface area (Å²) in [6.45, 7) is 38.0. The summed E-state index contributed by atoms with van der Waals surface area (Å²) < 4.78 is 99.8. The van der Waals surface area contributed by atoms with Gasteiger partial charge in [0.25, 0.3) is 30.4 Å². The van der Waals surface area contributed by atoms with E-state index in [4.69, 9.17) is 0 Å². The zero-order valence-electron chi connectivity index (χ0n) is 73.0. The number of rotatable bonds is 69. The molecule has 0 atom stereocenters. The topological polar surface area (TPSA) is 173 Å². The molecule has 0 spiro atoms. The van der Waals surface area contributed by atoms with Crippen LogP contribution < -0.4 is 15.9 Å². The van der Waals surface area contributed by atoms with Gasteiger partial charge in [-0.2, -0.15) is 25.3 Å². The number of benzene rings is 3. The first-order valence-corrected chi connectivity index (χ1v) is 51.4. The maximum atomic E-state index is 11.8. The summed E-state index contributed by atoms with van der Waals surface area (Å²) in [5.74, 6) is 0. The third-order valence-electron chi connectivity index (χ3n) is 21.6. The van der Waals surface area contributed by atoms with Crippen molar-refractivity contribution in [2.45, 2.75) is 444 Å². The van der Waals surface area contributed by atoms with Crippen molar-refractivity contribution in [2.75, 3.05) is 58.9 Å². The molecule has 0 heterocycles. The molecule has 3 aromatic rings. The highest BCUT2D eigenvalue weighted by Crippen LogP contribution is 2.39. The fourth-order valence-corrected chi connectivity index (χ4v) is 19.1. The van der Waals surface area contributed by atoms with Crippen LogP contribution in [-0.4, -0.2) is 113 Å². The fourth-order valence-electron chi connectivity index (χ4n) is 14.4. The van der Waals surface area contributed by atoms with Crippen LogP contribution in [0.5, 0.6) is 0 Å². The van der Waals surface area contributed by atoms with Crippen LogP contribution in [0.3, 0.4) is 0 Å². The maximum absolute atomic E-state index is 11.8. The SMILES string of the molecule is CCCCCCCCN(CCCCCCCC)CCCCCCCC.CCCCCCCCN(CCCCCCCC)CCCCCCCC.CCCCCCCCN(CCCCCCCC)CCCCCCCC.Cc1ccc(S(=O)(=O)O)cc1P(c1cc(S(=O)(=O)O)ccc1C)c1cc(S(=O)(=O)O)ccc1C. The maximum Gasteiger partial charge on any atom is 0.294 e. The summed E-state index contributed by atoms with van der Waals surface area (Å²) >= 11 is 0. The van der Waals surface area contributed by atoms with E-state index in [2.05, 4.69) is 77.0 Å². The molecule has 0 aliphatic carbocycles. The molecule has 3 aromatic carbocycles. The number of hydrogen-bond acceptors (Lipinski definition) is 9. The van der Waals surface area contributed by atoms with Gasteiger partial charge < -0.3 is 14.7 Å². The lowest BCUT2D eigenvalue weighted by molar-refractivity contribution is 0.254. The standard InChI is InChI=1S/3C24H51N.C21H21O9PS3/c3*1-4-7-10-13-16-19-22-25(23-20-17-14-11-8-5-2)24-21-18-15-12-9-6-3;1-13-4-7-16(32(22,23)24)10-19(13)31(20-11-17(33(25,26)27)8-5-14(20)2)21-12-18(34(28,29)30)9-6-15(21)3/h3*4-24H2,1-3H3;4-12H,1-3H3,(H,22,23,24)(H,25,26,27)(H,28,29,30). The molecule has 0 bridgehead atoms. The van der Waals surface area contributed by atoms with Gasteiger partial charge in [-0.3, -0.25) is 13.7 Å². The van der Waals surface area contributed by atoms with Crippen LogP contribution in [0, 0.1) is 20.8 Å². The molecule has 12 nitrogen and oxygen atoms in total. The summed E-state index contributed by atoms with van der Waals surface area (Å²) in [5.41, 5.74) is 1.77. The van der Waals surface area contributed by atoms with Gasteiger partial charge in [0.1, 0.15) is 0 Å². The van der Waals surface area contributed by atoms with Gasteiger partial charge in [0, 0.05) is 0 Å². The van der Waals surface area contributed by atoms with E-state index in [0.29, 0.717) is 32.6 Å². The van der Waals surface area contributed by atoms with Gasteiger partial charge in [-0.05, 0) is 214 Å². The van der Waals surface area contributed by atoms with Crippen LogP contribution in [0.2, 0.25) is 0 Å². The number of nitrogens with zero attached hydrogens (tertiary/aromatic N) is 3. The first kappa shape index (κ1) is 107. The first-order valence-electron chi connectivity index (χ1n) is 45.8. The van der Waals surface area contributed by atoms with E-state index in [1.165, 1.54) is 460 Å². The zero-order chi connectivity index (χ0) is 80.9. The van der Waals surface area contributed by atoms with Crippen LogP contribution in [0.25, 0.3) is 0 Å². The second-order valence-corrected chi connectivity index (χ2v) is 38.4. The van der Waals surface area contributed by atoms with Crippen LogP contribution in [0.15, 0.2) is 69.3 Å². The summed E-state index contributed by atoms with van der Waals surface area (Å²) in [4.78, 5) is 7.19. The lowest BCUT2D eigenvalue weighted by atomic mass is 10.1. The molecule has 0 unspecified atom stereocenters. The first-order chi connectivity index (χ1) is 52.5. The summed E-state index contributed by atoms with van der Waals surface area (Å²) in [6.07, 6.45) is 77.1. The molecule has 0 saturated heterocycles. The van der Waals surface area contributed by atoms with Crippen LogP contribution in [-0.2, 0) is 30.4 Å². The highest BCUT2D eigenvalue weighted by Gasteiger charge is 2.27. The third-order valence-corrected chi connectivity index (χ3v) is 27.0. The summed E-state index contributed by atoms with van der Waals surface area (Å²) in [6, 6.07) is 11.8. The van der Waals surface area contributed by atoms with Crippen molar-refractivity contribution >= 4 is 54.2 Å². The molecule has 0 fully saturated rings. The van der Waals surface area contributed by atoms with Gasteiger partial charge in [0.05, 0.1) is 14.7 Å². The van der Waals surface area contributed by atoms with Crippen molar-refractivity contribution in [3.63, 3.8) is 0 Å². The second kappa shape index (κ2) is 72.2. The zero-order valence-corrected chi connectivity index (χ0v) is 76.4. The Hall–Kier alpha value is -2.30. The fraction of sp³-hybridized carbons (Fsp3) is 0.806. The Morgan fingerprint density at radius 3 is 0.477 bits per heavy atom. The van der Waals surface area contributed by atoms with Crippen molar-refractivity contribution in [1.29, 1.82) is 0 Å². The van der Waals surface area contributed by atoms with Crippen molar-refractivity contribution in [2.24, 2.45) is 0 Å². The van der Waals surface area contributed by atoms with Crippen molar-refractivity contribution in [1.82, 2.24) is 14.7 Å². The summed E-state index contributed by atoms with van der Waals surface area (Å²) in [5, 5.41) is 1.20. The molecule has 0 aromatic heterocycles. The van der Waals surface area contributed by atoms with E-state index in [1.807, 2.05) is 0 Å². The van der Waals surface area contributed by atoms with Gasteiger partial charge in [-0.25, -0.2) is 0 Å². The number of unbranched alkanes of at least 4 members (excludes halogenated alkanes) is 45. The Labute approximate surface area is 678 Å². The largest absolute Gasteiger partial charge is 0.303 e. The molecule has 0 aliphatic heterocycles. The van der Waals surface area contributed by atoms with Gasteiger partial charge in [0.2, 0.25) is 0 Å². The second-order valence-electron chi connectivity index (χ2n) is 32.0. The van der Waals surface area contributed by atoms with E-state index in [9.17, 15) is 38.9 Å². The Morgan fingerprint density at radius 2 is 0.349 bits per heavy atom. The highest BCUT2D eigenvalue weighted by atomic mass is 32.2. The normalized spacial score (nSPS) is 11.9. The Kier molecular flexibility index (Phi) is 70.7. The highest BCUT2D eigenvalue weighted by molar-refractivity contribution is 7.86. The van der Waals surface area contributed by atoms with E-state index in [0.717, 1.165) is 0 Å². The number of hydrogen-bond donors (Lipinski definition) is 3. The van der Waals surface area contributed by atoms with Gasteiger partial charge in [0.15, 0.2) is 0 Å². The average Bonchev–Trinajstić information content (AvgIpc) is 0.762. The molecule has 638 valence electrons. The average molecular weight is 1610 g/mol. The van der Waals surface area contributed by atoms with E-state index in [-0.39, 0.29) is 0 Å². The quantitative estimate of drug-likeness (QED) is 0.0278. The third kappa shape index (κ3) is 59.1. The summed E-state index contributed by atoms with van der Waals surface area (Å²) in [7, 11) is -15.6. The lowest BCUT2D eigenvalue weighted by Crippen LogP contribution is -2.27. The molecule has 0 aliphatic rings.